The second kappa shape index (κ2) is 6.58. The predicted molar refractivity (Wildman–Crippen MR) is 77.9 cm³/mol. The molecule has 6 nitrogen and oxygen atoms in total. The van der Waals surface area contributed by atoms with Crippen molar-refractivity contribution in [2.75, 3.05) is 44.4 Å². The zero-order valence-corrected chi connectivity index (χ0v) is 11.9. The second-order valence-corrected chi connectivity index (χ2v) is 4.92. The van der Waals surface area contributed by atoms with Crippen LogP contribution >= 0.6 is 0 Å². The average molecular weight is 279 g/mol. The lowest BCUT2D eigenvalue weighted by atomic mass is 10.2. The minimum atomic E-state index is -0.0806. The van der Waals surface area contributed by atoms with Gasteiger partial charge in [0.15, 0.2) is 0 Å². The molecular formula is C14H21N3O3. The Bertz CT molecular complexity index is 479. The highest BCUT2D eigenvalue weighted by atomic mass is 16.5. The predicted octanol–water partition coefficient (Wildman–Crippen LogP) is 0.937. The minimum Gasteiger partial charge on any atom is -0.495 e. The molecule has 0 bridgehead atoms. The third kappa shape index (κ3) is 3.85. The first-order valence-corrected chi connectivity index (χ1v) is 6.66. The summed E-state index contributed by atoms with van der Waals surface area (Å²) < 4.78 is 10.7. The van der Waals surface area contributed by atoms with Crippen LogP contribution in [0.5, 0.6) is 5.75 Å². The third-order valence-electron chi connectivity index (χ3n) is 3.19. The van der Waals surface area contributed by atoms with Crippen molar-refractivity contribution in [3.8, 4) is 5.75 Å². The van der Waals surface area contributed by atoms with E-state index in [2.05, 4.69) is 10.2 Å². The van der Waals surface area contributed by atoms with E-state index in [1.807, 2.05) is 6.92 Å². The molecule has 1 heterocycles. The number of carbonyl (C=O) groups excluding carboxylic acids is 1. The molecule has 6 heteroatoms. The van der Waals surface area contributed by atoms with Gasteiger partial charge in [0.05, 0.1) is 32.1 Å². The van der Waals surface area contributed by atoms with Crippen LogP contribution < -0.4 is 15.8 Å². The van der Waals surface area contributed by atoms with Gasteiger partial charge in [0.1, 0.15) is 5.75 Å². The quantitative estimate of drug-likeness (QED) is 0.802. The molecule has 1 atom stereocenters. The Labute approximate surface area is 118 Å². The second-order valence-electron chi connectivity index (χ2n) is 4.92. The van der Waals surface area contributed by atoms with Crippen LogP contribution in [-0.4, -0.2) is 50.3 Å². The van der Waals surface area contributed by atoms with Gasteiger partial charge in [-0.2, -0.15) is 0 Å². The number of carbonyl (C=O) groups is 1. The van der Waals surface area contributed by atoms with Gasteiger partial charge in [-0.15, -0.1) is 0 Å². The van der Waals surface area contributed by atoms with Gasteiger partial charge in [0.2, 0.25) is 5.91 Å². The molecular weight excluding hydrogens is 258 g/mol. The lowest BCUT2D eigenvalue weighted by molar-refractivity contribution is -0.119. The van der Waals surface area contributed by atoms with E-state index in [4.69, 9.17) is 15.2 Å². The Morgan fingerprint density at radius 3 is 3.10 bits per heavy atom. The van der Waals surface area contributed by atoms with E-state index >= 15 is 0 Å². The smallest absolute Gasteiger partial charge is 0.238 e. The standard InChI is InChI=1S/C14H21N3O3/c1-10-8-17(5-6-20-10)9-14(18)16-12-7-11(15)3-4-13(12)19-2/h3-4,7,10H,5-6,8-9,15H2,1-2H3,(H,16,18). The number of hydrogen-bond acceptors (Lipinski definition) is 5. The maximum absolute atomic E-state index is 12.1. The lowest BCUT2D eigenvalue weighted by Crippen LogP contribution is -2.44. The minimum absolute atomic E-state index is 0.0806. The summed E-state index contributed by atoms with van der Waals surface area (Å²) in [4.78, 5) is 14.1. The van der Waals surface area contributed by atoms with Crippen molar-refractivity contribution in [3.63, 3.8) is 0 Å². The molecule has 3 N–H and O–H groups in total. The number of hydrogen-bond donors (Lipinski definition) is 2. The molecule has 1 aromatic rings. The molecule has 1 fully saturated rings. The molecule has 0 saturated carbocycles. The number of anilines is 2. The normalized spacial score (nSPS) is 19.6. The molecule has 1 amide bonds. The highest BCUT2D eigenvalue weighted by Gasteiger charge is 2.19. The van der Waals surface area contributed by atoms with Crippen LogP contribution in [0.4, 0.5) is 11.4 Å². The van der Waals surface area contributed by atoms with Gasteiger partial charge in [-0.25, -0.2) is 0 Å². The Morgan fingerprint density at radius 1 is 1.60 bits per heavy atom. The Kier molecular flexibility index (Phi) is 4.81. The van der Waals surface area contributed by atoms with Crippen molar-refractivity contribution >= 4 is 17.3 Å². The third-order valence-corrected chi connectivity index (χ3v) is 3.19. The van der Waals surface area contributed by atoms with Gasteiger partial charge < -0.3 is 20.5 Å². The first-order chi connectivity index (χ1) is 9.58. The number of nitrogens with zero attached hydrogens (tertiary/aromatic N) is 1. The maximum atomic E-state index is 12.1. The van der Waals surface area contributed by atoms with Crippen molar-refractivity contribution in [2.24, 2.45) is 0 Å². The van der Waals surface area contributed by atoms with Crippen molar-refractivity contribution in [2.45, 2.75) is 13.0 Å². The SMILES string of the molecule is COc1ccc(N)cc1NC(=O)CN1CCOC(C)C1. The molecule has 1 aromatic carbocycles. The van der Waals surface area contributed by atoms with E-state index in [1.54, 1.807) is 25.3 Å². The van der Waals surface area contributed by atoms with Gasteiger partial charge >= 0.3 is 0 Å². The summed E-state index contributed by atoms with van der Waals surface area (Å²) in [5.74, 6) is 0.519. The van der Waals surface area contributed by atoms with Crippen LogP contribution in [-0.2, 0) is 9.53 Å². The number of benzene rings is 1. The lowest BCUT2D eigenvalue weighted by Gasteiger charge is -2.30. The van der Waals surface area contributed by atoms with Gasteiger partial charge in [0.25, 0.3) is 0 Å². The molecule has 0 spiro atoms. The summed E-state index contributed by atoms with van der Waals surface area (Å²) >= 11 is 0. The first kappa shape index (κ1) is 14.6. The van der Waals surface area contributed by atoms with Gasteiger partial charge in [-0.1, -0.05) is 0 Å². The van der Waals surface area contributed by atoms with E-state index in [0.717, 1.165) is 13.1 Å². The van der Waals surface area contributed by atoms with Crippen LogP contribution in [0.1, 0.15) is 6.92 Å². The van der Waals surface area contributed by atoms with Crippen LogP contribution in [0, 0.1) is 0 Å². The number of nitrogen functional groups attached to an aromatic ring is 1. The zero-order chi connectivity index (χ0) is 14.5. The first-order valence-electron chi connectivity index (χ1n) is 6.66. The Hall–Kier alpha value is -1.79. The van der Waals surface area contributed by atoms with E-state index < -0.39 is 0 Å². The number of amides is 1. The molecule has 0 radical (unpaired) electrons. The molecule has 2 rings (SSSR count). The molecule has 1 aliphatic heterocycles. The summed E-state index contributed by atoms with van der Waals surface area (Å²) in [7, 11) is 1.56. The van der Waals surface area contributed by atoms with Crippen LogP contribution in [0.15, 0.2) is 18.2 Å². The Balaban J connectivity index is 1.95. The molecule has 1 unspecified atom stereocenters. The van der Waals surface area contributed by atoms with Crippen molar-refractivity contribution in [1.82, 2.24) is 4.90 Å². The fourth-order valence-electron chi connectivity index (χ4n) is 2.25. The summed E-state index contributed by atoms with van der Waals surface area (Å²) in [6, 6.07) is 5.17. The summed E-state index contributed by atoms with van der Waals surface area (Å²) in [6.45, 7) is 4.54. The molecule has 1 aliphatic rings. The number of nitrogens with two attached hydrogens (primary N) is 1. The highest BCUT2D eigenvalue weighted by molar-refractivity contribution is 5.94. The van der Waals surface area contributed by atoms with Crippen LogP contribution in [0.2, 0.25) is 0 Å². The van der Waals surface area contributed by atoms with Crippen LogP contribution in [0.3, 0.4) is 0 Å². The number of ether oxygens (including phenoxy) is 2. The molecule has 0 aliphatic carbocycles. The number of nitrogens with one attached hydrogen (secondary N) is 1. The average Bonchev–Trinajstić information content (AvgIpc) is 2.38. The topological polar surface area (TPSA) is 76.8 Å². The molecule has 110 valence electrons. The van der Waals surface area contributed by atoms with E-state index in [0.29, 0.717) is 30.3 Å². The van der Waals surface area contributed by atoms with E-state index in [-0.39, 0.29) is 12.0 Å². The summed E-state index contributed by atoms with van der Waals surface area (Å²) in [6.07, 6.45) is 0.165. The van der Waals surface area contributed by atoms with Crippen LogP contribution in [0.25, 0.3) is 0 Å². The van der Waals surface area contributed by atoms with E-state index in [1.165, 1.54) is 0 Å². The number of methoxy groups -OCH3 is 1. The number of rotatable bonds is 4. The van der Waals surface area contributed by atoms with Gasteiger partial charge in [-0.05, 0) is 25.1 Å². The zero-order valence-electron chi connectivity index (χ0n) is 11.9. The summed E-state index contributed by atoms with van der Waals surface area (Å²) in [5, 5.41) is 2.84. The molecule has 0 aromatic heterocycles. The largest absolute Gasteiger partial charge is 0.495 e. The fraction of sp³-hybridized carbons (Fsp3) is 0.500. The number of morpholine rings is 1. The highest BCUT2D eigenvalue weighted by Crippen LogP contribution is 2.26. The van der Waals surface area contributed by atoms with E-state index in [9.17, 15) is 4.79 Å². The Morgan fingerprint density at radius 2 is 2.40 bits per heavy atom. The van der Waals surface area contributed by atoms with Gasteiger partial charge in [0, 0.05) is 18.8 Å². The molecule has 20 heavy (non-hydrogen) atoms. The maximum Gasteiger partial charge on any atom is 0.238 e. The van der Waals surface area contributed by atoms with Crippen molar-refractivity contribution in [3.05, 3.63) is 18.2 Å². The van der Waals surface area contributed by atoms with Crippen molar-refractivity contribution in [1.29, 1.82) is 0 Å². The molecule has 1 saturated heterocycles. The monoisotopic (exact) mass is 279 g/mol. The summed E-state index contributed by atoms with van der Waals surface area (Å²) in [5.41, 5.74) is 6.91. The fourth-order valence-corrected chi connectivity index (χ4v) is 2.25. The van der Waals surface area contributed by atoms with Gasteiger partial charge in [-0.3, -0.25) is 9.69 Å². The van der Waals surface area contributed by atoms with Crippen molar-refractivity contribution < 1.29 is 14.3 Å².